The van der Waals surface area contributed by atoms with Crippen LogP contribution in [0.15, 0.2) is 6.20 Å². The number of nitrogens with one attached hydrogen (secondary N) is 1. The number of hydrogen-bond acceptors (Lipinski definition) is 6. The molecule has 19 heavy (non-hydrogen) atoms. The maximum absolute atomic E-state index is 13.9. The van der Waals surface area contributed by atoms with Gasteiger partial charge < -0.3 is 26.2 Å². The monoisotopic (exact) mass is 272 g/mol. The van der Waals surface area contributed by atoms with Gasteiger partial charge in [-0.25, -0.2) is 13.8 Å². The number of aliphatic hydroxyl groups excluding tert-OH is 2. The topological polar surface area (TPSA) is 94.6 Å². The van der Waals surface area contributed by atoms with E-state index >= 15 is 0 Å². The van der Waals surface area contributed by atoms with E-state index in [9.17, 15) is 19.0 Å². The van der Waals surface area contributed by atoms with Gasteiger partial charge in [0.05, 0.1) is 25.0 Å². The minimum Gasteiger partial charge on any atom is -0.390 e. The van der Waals surface area contributed by atoms with E-state index in [4.69, 9.17) is 5.73 Å². The molecule has 2 aliphatic rings. The summed E-state index contributed by atoms with van der Waals surface area (Å²) in [7, 11) is 0. The molecule has 5 N–H and O–H groups in total. The van der Waals surface area contributed by atoms with Crippen molar-refractivity contribution in [3.63, 3.8) is 0 Å². The standard InChI is InChI=1S/C11H14F2N4O2/c12-4-1-6(18)10(19)9(4)17-3-16-7-8(17)5(13)2-15-11(7)14/h2,4,6,9-10,16,18-19H,1,3H2,(H2,14,15)/t4?,6-,9-,10-/m1/s1. The molecule has 1 saturated carbocycles. The van der Waals surface area contributed by atoms with E-state index < -0.39 is 30.2 Å². The first-order chi connectivity index (χ1) is 9.00. The smallest absolute Gasteiger partial charge is 0.167 e. The van der Waals surface area contributed by atoms with Crippen molar-refractivity contribution in [3.05, 3.63) is 12.0 Å². The molecular weight excluding hydrogens is 258 g/mol. The molecule has 0 bridgehead atoms. The number of nitrogens with zero attached hydrogens (tertiary/aromatic N) is 2. The number of aromatic nitrogens is 1. The van der Waals surface area contributed by atoms with Crippen LogP contribution in [-0.2, 0) is 0 Å². The Morgan fingerprint density at radius 1 is 1.47 bits per heavy atom. The number of halogens is 2. The third-order valence-corrected chi connectivity index (χ3v) is 3.69. The van der Waals surface area contributed by atoms with E-state index in [0.29, 0.717) is 5.69 Å². The molecule has 0 amide bonds. The second-order valence-electron chi connectivity index (χ2n) is 4.82. The van der Waals surface area contributed by atoms with Gasteiger partial charge in [-0.2, -0.15) is 0 Å². The highest BCUT2D eigenvalue weighted by molar-refractivity contribution is 5.83. The first-order valence-corrected chi connectivity index (χ1v) is 5.95. The molecule has 8 heteroatoms. The van der Waals surface area contributed by atoms with Gasteiger partial charge in [-0.3, -0.25) is 0 Å². The zero-order valence-electron chi connectivity index (χ0n) is 9.92. The van der Waals surface area contributed by atoms with Gasteiger partial charge in [-0.1, -0.05) is 0 Å². The highest BCUT2D eigenvalue weighted by atomic mass is 19.1. The number of pyridine rings is 1. The van der Waals surface area contributed by atoms with Crippen molar-refractivity contribution in [2.75, 3.05) is 22.6 Å². The van der Waals surface area contributed by atoms with Crippen LogP contribution in [0.2, 0.25) is 0 Å². The summed E-state index contributed by atoms with van der Waals surface area (Å²) in [5.74, 6) is -0.530. The van der Waals surface area contributed by atoms with Crippen LogP contribution in [0.1, 0.15) is 6.42 Å². The Labute approximate surface area is 107 Å². The number of nitrogen functional groups attached to an aromatic ring is 1. The molecule has 1 fully saturated rings. The fourth-order valence-electron chi connectivity index (χ4n) is 2.78. The lowest BCUT2D eigenvalue weighted by molar-refractivity contribution is 0.0349. The number of nitrogens with two attached hydrogens (primary N) is 1. The second-order valence-corrected chi connectivity index (χ2v) is 4.82. The van der Waals surface area contributed by atoms with Crippen molar-refractivity contribution >= 4 is 17.2 Å². The minimum atomic E-state index is -1.44. The molecule has 1 aliphatic heterocycles. The van der Waals surface area contributed by atoms with E-state index in [-0.39, 0.29) is 24.6 Å². The van der Waals surface area contributed by atoms with Gasteiger partial charge in [-0.15, -0.1) is 0 Å². The molecule has 104 valence electrons. The summed E-state index contributed by atoms with van der Waals surface area (Å²) in [6, 6.07) is -1.000. The predicted molar refractivity (Wildman–Crippen MR) is 64.9 cm³/mol. The zero-order valence-corrected chi connectivity index (χ0v) is 9.92. The maximum Gasteiger partial charge on any atom is 0.167 e. The van der Waals surface area contributed by atoms with Gasteiger partial charge in [0, 0.05) is 6.42 Å². The van der Waals surface area contributed by atoms with Crippen molar-refractivity contribution < 1.29 is 19.0 Å². The van der Waals surface area contributed by atoms with Crippen LogP contribution in [0.25, 0.3) is 0 Å². The average Bonchev–Trinajstić information content (AvgIpc) is 2.88. The highest BCUT2D eigenvalue weighted by Gasteiger charge is 2.47. The largest absolute Gasteiger partial charge is 0.390 e. The number of anilines is 3. The van der Waals surface area contributed by atoms with Gasteiger partial charge >= 0.3 is 0 Å². The molecule has 6 nitrogen and oxygen atoms in total. The third kappa shape index (κ3) is 1.71. The molecule has 1 unspecified atom stereocenters. The van der Waals surface area contributed by atoms with E-state index in [2.05, 4.69) is 10.3 Å². The summed E-state index contributed by atoms with van der Waals surface area (Å²) < 4.78 is 27.8. The summed E-state index contributed by atoms with van der Waals surface area (Å²) >= 11 is 0. The molecule has 4 atom stereocenters. The van der Waals surface area contributed by atoms with E-state index in [1.165, 1.54) is 4.90 Å². The predicted octanol–water partition coefficient (Wildman–Crippen LogP) is -0.176. The van der Waals surface area contributed by atoms with Crippen LogP contribution < -0.4 is 16.0 Å². The van der Waals surface area contributed by atoms with Gasteiger partial charge in [-0.05, 0) is 0 Å². The fraction of sp³-hybridized carbons (Fsp3) is 0.545. The van der Waals surface area contributed by atoms with Crippen molar-refractivity contribution in [1.29, 1.82) is 0 Å². The van der Waals surface area contributed by atoms with Crippen LogP contribution in [0.4, 0.5) is 26.0 Å². The molecule has 3 rings (SSSR count). The molecule has 1 aromatic rings. The van der Waals surface area contributed by atoms with Crippen LogP contribution in [0.3, 0.4) is 0 Å². The Hall–Kier alpha value is -1.67. The lowest BCUT2D eigenvalue weighted by Gasteiger charge is -2.30. The van der Waals surface area contributed by atoms with Crippen molar-refractivity contribution in [2.45, 2.75) is 30.8 Å². The SMILES string of the molecule is Nc1ncc(F)c2c1NCN2[C@@H]1C(F)C[C@@H](O)[C@H]1O. The number of rotatable bonds is 1. The quantitative estimate of drug-likeness (QED) is 0.567. The summed E-state index contributed by atoms with van der Waals surface area (Å²) in [4.78, 5) is 5.03. The van der Waals surface area contributed by atoms with Gasteiger partial charge in [0.25, 0.3) is 0 Å². The zero-order chi connectivity index (χ0) is 13.7. The number of alkyl halides is 1. The third-order valence-electron chi connectivity index (χ3n) is 3.69. The normalized spacial score (nSPS) is 33.4. The number of aliphatic hydroxyl groups is 2. The lowest BCUT2D eigenvalue weighted by atomic mass is 10.1. The molecule has 0 radical (unpaired) electrons. The summed E-state index contributed by atoms with van der Waals surface area (Å²) in [5.41, 5.74) is 6.01. The van der Waals surface area contributed by atoms with Crippen LogP contribution >= 0.6 is 0 Å². The molecule has 0 saturated heterocycles. The average molecular weight is 272 g/mol. The second kappa shape index (κ2) is 4.17. The fourth-order valence-corrected chi connectivity index (χ4v) is 2.78. The van der Waals surface area contributed by atoms with E-state index in [1.54, 1.807) is 0 Å². The summed E-state index contributed by atoms with van der Waals surface area (Å²) in [6.45, 7) is 0.108. The first kappa shape index (κ1) is 12.4. The van der Waals surface area contributed by atoms with Crippen molar-refractivity contribution in [2.24, 2.45) is 0 Å². The summed E-state index contributed by atoms with van der Waals surface area (Å²) in [6.07, 6.45) is -3.06. The van der Waals surface area contributed by atoms with Gasteiger partial charge in [0.2, 0.25) is 0 Å². The molecule has 1 aromatic heterocycles. The van der Waals surface area contributed by atoms with E-state index in [0.717, 1.165) is 6.20 Å². The molecule has 2 heterocycles. The highest BCUT2D eigenvalue weighted by Crippen LogP contribution is 2.41. The Balaban J connectivity index is 2.01. The van der Waals surface area contributed by atoms with Crippen LogP contribution in [0, 0.1) is 5.82 Å². The molecule has 1 aliphatic carbocycles. The molecular formula is C11H14F2N4O2. The van der Waals surface area contributed by atoms with Gasteiger partial charge in [0.1, 0.15) is 29.5 Å². The Kier molecular flexibility index (Phi) is 2.72. The summed E-state index contributed by atoms with van der Waals surface area (Å²) in [5, 5.41) is 22.2. The Morgan fingerprint density at radius 3 is 2.84 bits per heavy atom. The van der Waals surface area contributed by atoms with E-state index in [1.807, 2.05) is 0 Å². The van der Waals surface area contributed by atoms with Crippen molar-refractivity contribution in [1.82, 2.24) is 4.98 Å². The first-order valence-electron chi connectivity index (χ1n) is 5.95. The van der Waals surface area contributed by atoms with Crippen LogP contribution in [0.5, 0.6) is 0 Å². The minimum absolute atomic E-state index is 0.0910. The number of hydrogen-bond donors (Lipinski definition) is 4. The van der Waals surface area contributed by atoms with Gasteiger partial charge in [0.15, 0.2) is 5.82 Å². The molecule has 0 aromatic carbocycles. The Morgan fingerprint density at radius 2 is 2.21 bits per heavy atom. The van der Waals surface area contributed by atoms with Crippen LogP contribution in [-0.4, -0.2) is 46.3 Å². The van der Waals surface area contributed by atoms with Crippen molar-refractivity contribution in [3.8, 4) is 0 Å². The molecule has 0 spiro atoms. The Bertz CT molecular complexity index is 516. The maximum atomic E-state index is 13.9. The number of fused-ring (bicyclic) bond motifs is 1. The lowest BCUT2D eigenvalue weighted by Crippen LogP contribution is -2.47.